The number of esters is 1. The Labute approximate surface area is 251 Å². The monoisotopic (exact) mass is 578 g/mol. The Morgan fingerprint density at radius 2 is 1.34 bits per heavy atom. The summed E-state index contributed by atoms with van der Waals surface area (Å²) < 4.78 is 5.83. The van der Waals surface area contributed by atoms with E-state index in [1.165, 1.54) is 57.8 Å². The Hall–Kier alpha value is -2.15. The van der Waals surface area contributed by atoms with E-state index in [9.17, 15) is 19.5 Å². The average Bonchev–Trinajstić information content (AvgIpc) is 2.95. The zero-order chi connectivity index (χ0) is 30.4. The van der Waals surface area contributed by atoms with Crippen molar-refractivity contribution in [3.8, 4) is 0 Å². The molecule has 0 saturated heterocycles. The molecule has 238 valence electrons. The molecule has 0 aliphatic carbocycles. The fourth-order valence-corrected chi connectivity index (χ4v) is 4.69. The molecule has 7 heteroatoms. The van der Waals surface area contributed by atoms with E-state index in [2.05, 4.69) is 37.4 Å². The van der Waals surface area contributed by atoms with E-state index in [4.69, 9.17) is 10.5 Å². The third-order valence-corrected chi connectivity index (χ3v) is 7.25. The number of unbranched alkanes of at least 4 members (excludes halogenated alkanes) is 13. The predicted molar refractivity (Wildman–Crippen MR) is 170 cm³/mol. The van der Waals surface area contributed by atoms with Crippen molar-refractivity contribution in [1.29, 1.82) is 0 Å². The van der Waals surface area contributed by atoms with Gasteiger partial charge in [-0.25, -0.2) is 4.79 Å². The average molecular weight is 579 g/mol. The number of nitrogens with two attached hydrogens (primary N) is 1. The molecule has 0 saturated carbocycles. The summed E-state index contributed by atoms with van der Waals surface area (Å²) in [7, 11) is 0. The van der Waals surface area contributed by atoms with Gasteiger partial charge in [-0.15, -0.1) is 0 Å². The molecule has 2 unspecified atom stereocenters. The van der Waals surface area contributed by atoms with Gasteiger partial charge in [0.1, 0.15) is 12.1 Å². The lowest BCUT2D eigenvalue weighted by Gasteiger charge is -2.15. The van der Waals surface area contributed by atoms with Gasteiger partial charge in [0.15, 0.2) is 0 Å². The van der Waals surface area contributed by atoms with Crippen LogP contribution in [0.2, 0.25) is 0 Å². The quantitative estimate of drug-likeness (QED) is 0.0468. The van der Waals surface area contributed by atoms with Crippen LogP contribution in [-0.4, -0.2) is 41.6 Å². The smallest absolute Gasteiger partial charge is 0.326 e. The van der Waals surface area contributed by atoms with Crippen molar-refractivity contribution in [2.45, 2.75) is 167 Å². The van der Waals surface area contributed by atoms with E-state index >= 15 is 0 Å². The molecule has 0 aromatic heterocycles. The number of amides is 1. The number of carbonyl (C=O) groups is 3. The van der Waals surface area contributed by atoms with E-state index in [-0.39, 0.29) is 18.0 Å². The first kappa shape index (κ1) is 38.9. The summed E-state index contributed by atoms with van der Waals surface area (Å²) in [5, 5.41) is 11.8. The Morgan fingerprint density at radius 3 is 2.00 bits per heavy atom. The predicted octanol–water partition coefficient (Wildman–Crippen LogP) is 8.16. The van der Waals surface area contributed by atoms with Gasteiger partial charge < -0.3 is 20.9 Å². The van der Waals surface area contributed by atoms with E-state index in [0.29, 0.717) is 38.6 Å². The summed E-state index contributed by atoms with van der Waals surface area (Å²) in [6.45, 7) is 4.84. The molecule has 0 heterocycles. The molecule has 0 aromatic carbocycles. The van der Waals surface area contributed by atoms with Crippen molar-refractivity contribution in [2.24, 2.45) is 5.73 Å². The number of hydrogen-bond donors (Lipinski definition) is 3. The van der Waals surface area contributed by atoms with Crippen LogP contribution in [0.1, 0.15) is 155 Å². The molecule has 2 atom stereocenters. The molecule has 0 aromatic rings. The minimum atomic E-state index is -1.02. The number of allylic oxidation sites excluding steroid dienone is 3. The summed E-state index contributed by atoms with van der Waals surface area (Å²) >= 11 is 0. The van der Waals surface area contributed by atoms with Crippen LogP contribution in [0, 0.1) is 0 Å². The van der Waals surface area contributed by atoms with Gasteiger partial charge >= 0.3 is 11.9 Å². The highest BCUT2D eigenvalue weighted by Crippen LogP contribution is 2.14. The molecule has 0 aliphatic heterocycles. The first-order chi connectivity index (χ1) is 19.9. The van der Waals surface area contributed by atoms with Crippen LogP contribution in [0.15, 0.2) is 24.3 Å². The maximum Gasteiger partial charge on any atom is 0.326 e. The molecular formula is C34H62N2O5. The maximum atomic E-state index is 12.5. The van der Waals surface area contributed by atoms with Crippen molar-refractivity contribution in [1.82, 2.24) is 5.32 Å². The Morgan fingerprint density at radius 1 is 0.732 bits per heavy atom. The second kappa shape index (κ2) is 29.3. The second-order valence-electron chi connectivity index (χ2n) is 11.2. The van der Waals surface area contributed by atoms with Crippen molar-refractivity contribution in [3.05, 3.63) is 24.3 Å². The van der Waals surface area contributed by atoms with Crippen molar-refractivity contribution in [2.75, 3.05) is 6.54 Å². The van der Waals surface area contributed by atoms with Crippen molar-refractivity contribution in [3.63, 3.8) is 0 Å². The van der Waals surface area contributed by atoms with Crippen LogP contribution in [0.25, 0.3) is 0 Å². The number of aliphatic carboxylic acids is 1. The van der Waals surface area contributed by atoms with E-state index in [0.717, 1.165) is 51.4 Å². The first-order valence-electron chi connectivity index (χ1n) is 16.7. The normalized spacial score (nSPS) is 13.0. The molecular weight excluding hydrogens is 516 g/mol. The fourth-order valence-electron chi connectivity index (χ4n) is 4.69. The van der Waals surface area contributed by atoms with Crippen molar-refractivity contribution >= 4 is 17.8 Å². The standard InChI is InChI=1S/C34H62N2O5/c1-3-5-7-9-11-12-14-15-19-24-30(41-33(38)28-22-16-13-10-8-6-4-2)25-20-17-18-21-27-32(37)36-31(34(39)40)26-23-29-35/h12,14,19,24,30-31H,3-11,13,15-18,20-23,25-29,35H2,1-2H3,(H,36,37)(H,39,40)/b14-12-,24-19-. The number of carboxylic acid groups (broad SMARTS) is 1. The summed E-state index contributed by atoms with van der Waals surface area (Å²) in [6, 6.07) is -0.870. The number of carbonyl (C=O) groups excluding carboxylic acids is 2. The van der Waals surface area contributed by atoms with Gasteiger partial charge in [0, 0.05) is 12.8 Å². The fraction of sp³-hybridized carbons (Fsp3) is 0.794. The minimum Gasteiger partial charge on any atom is -0.480 e. The SMILES string of the molecule is CCCCCC/C=C\C/C=C\C(CCCCCCC(=O)NC(CCCN)C(=O)O)OC(=O)CCCCCCCCC. The number of nitrogens with one attached hydrogen (secondary N) is 1. The number of ether oxygens (including phenoxy) is 1. The molecule has 0 bridgehead atoms. The van der Waals surface area contributed by atoms with Gasteiger partial charge in [0.25, 0.3) is 0 Å². The van der Waals surface area contributed by atoms with Gasteiger partial charge in [-0.1, -0.05) is 103 Å². The van der Waals surface area contributed by atoms with E-state index < -0.39 is 12.0 Å². The highest BCUT2D eigenvalue weighted by atomic mass is 16.5. The Bertz CT molecular complexity index is 707. The molecule has 41 heavy (non-hydrogen) atoms. The Balaban J connectivity index is 4.46. The largest absolute Gasteiger partial charge is 0.480 e. The highest BCUT2D eigenvalue weighted by molar-refractivity contribution is 5.83. The molecule has 0 aliphatic rings. The minimum absolute atomic E-state index is 0.112. The summed E-state index contributed by atoms with van der Waals surface area (Å²) in [5.74, 6) is -1.36. The van der Waals surface area contributed by atoms with Gasteiger partial charge in [-0.2, -0.15) is 0 Å². The van der Waals surface area contributed by atoms with Crippen LogP contribution in [-0.2, 0) is 19.1 Å². The summed E-state index contributed by atoms with van der Waals surface area (Å²) in [4.78, 5) is 35.9. The molecule has 0 spiro atoms. The van der Waals surface area contributed by atoms with Gasteiger partial charge in [-0.3, -0.25) is 9.59 Å². The topological polar surface area (TPSA) is 119 Å². The van der Waals surface area contributed by atoms with Crippen LogP contribution in [0.3, 0.4) is 0 Å². The van der Waals surface area contributed by atoms with Gasteiger partial charge in [-0.05, 0) is 70.4 Å². The van der Waals surface area contributed by atoms with Crippen LogP contribution in [0.5, 0.6) is 0 Å². The lowest BCUT2D eigenvalue weighted by atomic mass is 10.1. The summed E-state index contributed by atoms with van der Waals surface area (Å²) in [5.41, 5.74) is 5.45. The van der Waals surface area contributed by atoms with Gasteiger partial charge in [0.2, 0.25) is 5.91 Å². The summed E-state index contributed by atoms with van der Waals surface area (Å²) in [6.07, 6.45) is 29.5. The Kier molecular flexibility index (Phi) is 27.8. The highest BCUT2D eigenvalue weighted by Gasteiger charge is 2.18. The molecule has 4 N–H and O–H groups in total. The first-order valence-corrected chi connectivity index (χ1v) is 16.7. The maximum absolute atomic E-state index is 12.5. The third kappa shape index (κ3) is 26.5. The molecule has 1 amide bonds. The zero-order valence-corrected chi connectivity index (χ0v) is 26.4. The molecule has 0 fully saturated rings. The molecule has 7 nitrogen and oxygen atoms in total. The lowest BCUT2D eigenvalue weighted by Crippen LogP contribution is -2.40. The van der Waals surface area contributed by atoms with Gasteiger partial charge in [0.05, 0.1) is 0 Å². The number of rotatable bonds is 29. The molecule has 0 radical (unpaired) electrons. The molecule has 0 rings (SSSR count). The number of carboxylic acids is 1. The van der Waals surface area contributed by atoms with E-state index in [1.807, 2.05) is 6.08 Å². The lowest BCUT2D eigenvalue weighted by molar-refractivity contribution is -0.147. The van der Waals surface area contributed by atoms with Crippen LogP contribution < -0.4 is 11.1 Å². The van der Waals surface area contributed by atoms with E-state index in [1.54, 1.807) is 0 Å². The third-order valence-electron chi connectivity index (χ3n) is 7.25. The van der Waals surface area contributed by atoms with Crippen LogP contribution >= 0.6 is 0 Å². The van der Waals surface area contributed by atoms with Crippen LogP contribution in [0.4, 0.5) is 0 Å². The second-order valence-corrected chi connectivity index (χ2v) is 11.2. The number of hydrogen-bond acceptors (Lipinski definition) is 5. The van der Waals surface area contributed by atoms with Crippen molar-refractivity contribution < 1.29 is 24.2 Å². The zero-order valence-electron chi connectivity index (χ0n) is 26.4.